The van der Waals surface area contributed by atoms with E-state index in [0.717, 1.165) is 23.7 Å². The number of hydrogen-bond donors (Lipinski definition) is 2. The summed E-state index contributed by atoms with van der Waals surface area (Å²) >= 11 is 6.47. The van der Waals surface area contributed by atoms with Crippen molar-refractivity contribution in [3.63, 3.8) is 0 Å². The SMILES string of the molecule is CC(C)Cc1ccc(C(C)C(=O)NC2SC(=S)N(c3ccc(O)cc3)C2=O)cc1. The summed E-state index contributed by atoms with van der Waals surface area (Å²) < 4.78 is 0.372. The second-order valence-corrected chi connectivity index (χ2v) is 9.26. The number of hydrogen-bond acceptors (Lipinski definition) is 5. The number of benzene rings is 2. The van der Waals surface area contributed by atoms with Crippen molar-refractivity contribution in [2.24, 2.45) is 5.92 Å². The van der Waals surface area contributed by atoms with E-state index in [4.69, 9.17) is 12.2 Å². The van der Waals surface area contributed by atoms with Gasteiger partial charge in [-0.05, 0) is 54.7 Å². The van der Waals surface area contributed by atoms with Gasteiger partial charge in [0.15, 0.2) is 5.37 Å². The van der Waals surface area contributed by atoms with Crippen molar-refractivity contribution in [2.75, 3.05) is 4.90 Å². The summed E-state index contributed by atoms with van der Waals surface area (Å²) in [4.78, 5) is 26.9. The van der Waals surface area contributed by atoms with Crippen molar-refractivity contribution in [3.8, 4) is 5.75 Å². The van der Waals surface area contributed by atoms with Crippen molar-refractivity contribution in [1.82, 2.24) is 5.32 Å². The molecule has 2 aromatic carbocycles. The molecule has 2 N–H and O–H groups in total. The first kappa shape index (κ1) is 21.3. The Labute approximate surface area is 180 Å². The molecule has 1 saturated heterocycles. The summed E-state index contributed by atoms with van der Waals surface area (Å²) in [5.41, 5.74) is 2.71. The Kier molecular flexibility index (Phi) is 6.59. The van der Waals surface area contributed by atoms with Crippen molar-refractivity contribution < 1.29 is 14.7 Å². The molecule has 0 radical (unpaired) electrons. The highest BCUT2D eigenvalue weighted by atomic mass is 32.2. The van der Waals surface area contributed by atoms with Gasteiger partial charge in [0, 0.05) is 0 Å². The molecule has 2 aromatic rings. The van der Waals surface area contributed by atoms with E-state index in [1.807, 2.05) is 19.1 Å². The van der Waals surface area contributed by atoms with Crippen LogP contribution >= 0.6 is 24.0 Å². The molecule has 1 fully saturated rings. The van der Waals surface area contributed by atoms with Gasteiger partial charge < -0.3 is 10.4 Å². The Morgan fingerprint density at radius 1 is 1.14 bits per heavy atom. The third-order valence-electron chi connectivity index (χ3n) is 4.74. The highest BCUT2D eigenvalue weighted by Crippen LogP contribution is 2.32. The lowest BCUT2D eigenvalue weighted by Gasteiger charge is -2.17. The number of aromatic hydroxyl groups is 1. The number of nitrogens with one attached hydrogen (secondary N) is 1. The summed E-state index contributed by atoms with van der Waals surface area (Å²) in [7, 11) is 0. The molecule has 0 aliphatic carbocycles. The van der Waals surface area contributed by atoms with Gasteiger partial charge in [0.25, 0.3) is 5.91 Å². The summed E-state index contributed by atoms with van der Waals surface area (Å²) in [5, 5.41) is 11.5. The fraction of sp³-hybridized carbons (Fsp3) is 0.318. The molecular formula is C22H24N2O3S2. The molecule has 5 nitrogen and oxygen atoms in total. The highest BCUT2D eigenvalue weighted by molar-refractivity contribution is 8.25. The molecule has 2 atom stereocenters. The maximum Gasteiger partial charge on any atom is 0.266 e. The predicted octanol–water partition coefficient (Wildman–Crippen LogP) is 4.20. The van der Waals surface area contributed by atoms with Crippen molar-refractivity contribution in [3.05, 3.63) is 59.7 Å². The summed E-state index contributed by atoms with van der Waals surface area (Å²) in [6.45, 7) is 6.17. The van der Waals surface area contributed by atoms with E-state index in [2.05, 4.69) is 31.3 Å². The molecule has 0 aromatic heterocycles. The van der Waals surface area contributed by atoms with E-state index in [9.17, 15) is 14.7 Å². The van der Waals surface area contributed by atoms with E-state index in [1.54, 1.807) is 12.1 Å². The monoisotopic (exact) mass is 428 g/mol. The lowest BCUT2D eigenvalue weighted by Crippen LogP contribution is -2.42. The van der Waals surface area contributed by atoms with Crippen molar-refractivity contribution in [2.45, 2.75) is 38.5 Å². The second-order valence-electron chi connectivity index (χ2n) is 7.52. The van der Waals surface area contributed by atoms with Gasteiger partial charge >= 0.3 is 0 Å². The van der Waals surface area contributed by atoms with Gasteiger partial charge in [0.05, 0.1) is 11.6 Å². The van der Waals surface area contributed by atoms with E-state index < -0.39 is 5.37 Å². The van der Waals surface area contributed by atoms with Crippen LogP contribution in [-0.4, -0.2) is 26.6 Å². The Morgan fingerprint density at radius 3 is 2.34 bits per heavy atom. The summed E-state index contributed by atoms with van der Waals surface area (Å²) in [5.74, 6) is -0.210. The maximum absolute atomic E-state index is 12.8. The number of rotatable bonds is 6. The number of phenolic OH excluding ortho intramolecular Hbond substituents is 1. The maximum atomic E-state index is 12.8. The van der Waals surface area contributed by atoms with Gasteiger partial charge in [-0.2, -0.15) is 0 Å². The molecule has 1 aliphatic rings. The number of anilines is 1. The van der Waals surface area contributed by atoms with Crippen LogP contribution in [0, 0.1) is 5.92 Å². The van der Waals surface area contributed by atoms with Gasteiger partial charge in [0.1, 0.15) is 10.1 Å². The van der Waals surface area contributed by atoms with Gasteiger partial charge in [-0.15, -0.1) is 0 Å². The third kappa shape index (κ3) is 4.97. The Hall–Kier alpha value is -2.38. The molecular weight excluding hydrogens is 404 g/mol. The van der Waals surface area contributed by atoms with Crippen LogP contribution in [-0.2, 0) is 16.0 Å². The van der Waals surface area contributed by atoms with Gasteiger partial charge in [0.2, 0.25) is 5.91 Å². The van der Waals surface area contributed by atoms with E-state index in [-0.39, 0.29) is 23.5 Å². The van der Waals surface area contributed by atoms with E-state index in [0.29, 0.717) is 15.9 Å². The summed E-state index contributed by atoms with van der Waals surface area (Å²) in [6.07, 6.45) is 0.999. The normalized spacial score (nSPS) is 17.7. The molecule has 29 heavy (non-hydrogen) atoms. The summed E-state index contributed by atoms with van der Waals surface area (Å²) in [6, 6.07) is 14.3. The molecule has 2 amide bonds. The highest BCUT2D eigenvalue weighted by Gasteiger charge is 2.39. The Balaban J connectivity index is 1.66. The third-order valence-corrected chi connectivity index (χ3v) is 6.15. The molecule has 7 heteroatoms. The first-order valence-electron chi connectivity index (χ1n) is 9.49. The van der Waals surface area contributed by atoms with Crippen LogP contribution in [0.5, 0.6) is 5.75 Å². The van der Waals surface area contributed by atoms with Crippen LogP contribution in [0.1, 0.15) is 37.8 Å². The number of thiocarbonyl (C=S) groups is 1. The molecule has 2 unspecified atom stereocenters. The molecule has 0 bridgehead atoms. The van der Waals surface area contributed by atoms with Crippen molar-refractivity contribution in [1.29, 1.82) is 0 Å². The van der Waals surface area contributed by atoms with Crippen molar-refractivity contribution >= 4 is 45.8 Å². The number of carbonyl (C=O) groups excluding carboxylic acids is 2. The molecule has 152 valence electrons. The average Bonchev–Trinajstić information content (AvgIpc) is 2.95. The quantitative estimate of drug-likeness (QED) is 0.675. The molecule has 1 heterocycles. The molecule has 1 aliphatic heterocycles. The van der Waals surface area contributed by atoms with Crippen LogP contribution in [0.25, 0.3) is 0 Å². The first-order chi connectivity index (χ1) is 13.8. The topological polar surface area (TPSA) is 69.6 Å². The second kappa shape index (κ2) is 8.97. The number of amides is 2. The molecule has 0 spiro atoms. The van der Waals surface area contributed by atoms with E-state index >= 15 is 0 Å². The van der Waals surface area contributed by atoms with Gasteiger partial charge in [-0.3, -0.25) is 14.5 Å². The zero-order chi connectivity index (χ0) is 21.1. The average molecular weight is 429 g/mol. The fourth-order valence-corrected chi connectivity index (χ4v) is 4.52. The standard InChI is InChI=1S/C22H24N2O3S2/c1-13(2)12-15-4-6-16(7-5-15)14(3)19(26)23-20-21(27)24(22(28)29-20)17-8-10-18(25)11-9-17/h4-11,13-14,20,25H,12H2,1-3H3,(H,23,26). The zero-order valence-electron chi connectivity index (χ0n) is 16.6. The first-order valence-corrected chi connectivity index (χ1v) is 10.8. The van der Waals surface area contributed by atoms with Crippen LogP contribution in [0.3, 0.4) is 0 Å². The lowest BCUT2D eigenvalue weighted by molar-refractivity contribution is -0.125. The minimum absolute atomic E-state index is 0.108. The van der Waals surface area contributed by atoms with Crippen LogP contribution < -0.4 is 10.2 Å². The number of nitrogens with zero attached hydrogens (tertiary/aromatic N) is 1. The minimum Gasteiger partial charge on any atom is -0.508 e. The van der Waals surface area contributed by atoms with Crippen LogP contribution in [0.2, 0.25) is 0 Å². The van der Waals surface area contributed by atoms with Crippen LogP contribution in [0.4, 0.5) is 5.69 Å². The number of phenols is 1. The predicted molar refractivity (Wildman–Crippen MR) is 121 cm³/mol. The Morgan fingerprint density at radius 2 is 1.76 bits per heavy atom. The lowest BCUT2D eigenvalue weighted by atomic mass is 9.96. The van der Waals surface area contributed by atoms with E-state index in [1.165, 1.54) is 22.6 Å². The zero-order valence-corrected chi connectivity index (χ0v) is 18.2. The smallest absolute Gasteiger partial charge is 0.266 e. The van der Waals surface area contributed by atoms with Gasteiger partial charge in [-0.25, -0.2) is 0 Å². The number of thioether (sulfide) groups is 1. The molecule has 0 saturated carbocycles. The van der Waals surface area contributed by atoms with Gasteiger partial charge in [-0.1, -0.05) is 62.1 Å². The Bertz CT molecular complexity index is 911. The fourth-order valence-electron chi connectivity index (χ4n) is 3.16. The van der Waals surface area contributed by atoms with Crippen LogP contribution in [0.15, 0.2) is 48.5 Å². The minimum atomic E-state index is -0.758. The molecule has 3 rings (SSSR count). The largest absolute Gasteiger partial charge is 0.508 e. The number of carbonyl (C=O) groups is 2.